The fourth-order valence-electron chi connectivity index (χ4n) is 2.50. The fraction of sp³-hybridized carbons (Fsp3) is 0.500. The maximum absolute atomic E-state index is 4.25. The molecule has 1 N–H and O–H groups in total. The number of unbranched alkanes of at least 4 members (excludes halogenated alkanes) is 5. The molecule has 3 heteroatoms. The molecule has 0 spiro atoms. The molecule has 0 radical (unpaired) electrons. The fourth-order valence-corrected chi connectivity index (χ4v) is 2.50. The van der Waals surface area contributed by atoms with Gasteiger partial charge in [-0.1, -0.05) is 51.2 Å². The molecule has 0 unspecified atom stereocenters. The van der Waals surface area contributed by atoms with Crippen molar-refractivity contribution in [2.75, 3.05) is 11.9 Å². The van der Waals surface area contributed by atoms with Gasteiger partial charge in [0, 0.05) is 24.6 Å². The van der Waals surface area contributed by atoms with Crippen LogP contribution in [0.5, 0.6) is 0 Å². The Kier molecular flexibility index (Phi) is 6.85. The van der Waals surface area contributed by atoms with Crippen molar-refractivity contribution in [2.45, 2.75) is 52.0 Å². The molecule has 1 aromatic heterocycles. The Balaban J connectivity index is 1.69. The van der Waals surface area contributed by atoms with Gasteiger partial charge in [-0.2, -0.15) is 5.10 Å². The van der Waals surface area contributed by atoms with Gasteiger partial charge in [-0.15, -0.1) is 0 Å². The summed E-state index contributed by atoms with van der Waals surface area (Å²) in [7, 11) is 0. The summed E-state index contributed by atoms with van der Waals surface area (Å²) in [6, 6.07) is 10.6. The molecule has 0 bridgehead atoms. The molecule has 1 heterocycles. The van der Waals surface area contributed by atoms with Crippen LogP contribution in [-0.2, 0) is 6.54 Å². The molecule has 3 nitrogen and oxygen atoms in total. The van der Waals surface area contributed by atoms with Crippen LogP contribution in [0, 0.1) is 0 Å². The number of benzene rings is 1. The van der Waals surface area contributed by atoms with Gasteiger partial charge < -0.3 is 5.32 Å². The molecular weight excluding hydrogens is 258 g/mol. The van der Waals surface area contributed by atoms with Crippen LogP contribution in [-0.4, -0.2) is 16.3 Å². The molecule has 0 saturated heterocycles. The SMILES string of the molecule is CCCCCCCCNc1cccc(Cn2cccn2)c1. The number of aromatic nitrogens is 2. The van der Waals surface area contributed by atoms with Gasteiger partial charge in [0.05, 0.1) is 6.54 Å². The first-order chi connectivity index (χ1) is 10.4. The van der Waals surface area contributed by atoms with Crippen LogP contribution in [0.4, 0.5) is 5.69 Å². The van der Waals surface area contributed by atoms with E-state index in [4.69, 9.17) is 0 Å². The summed E-state index contributed by atoms with van der Waals surface area (Å²) in [4.78, 5) is 0. The van der Waals surface area contributed by atoms with Crippen LogP contribution in [0.1, 0.15) is 51.0 Å². The van der Waals surface area contributed by atoms with Crippen molar-refractivity contribution in [1.82, 2.24) is 9.78 Å². The highest BCUT2D eigenvalue weighted by molar-refractivity contribution is 5.45. The average molecular weight is 285 g/mol. The second-order valence-corrected chi connectivity index (χ2v) is 5.60. The zero-order chi connectivity index (χ0) is 14.8. The van der Waals surface area contributed by atoms with Crippen LogP contribution >= 0.6 is 0 Å². The van der Waals surface area contributed by atoms with E-state index in [-0.39, 0.29) is 0 Å². The average Bonchev–Trinajstić information content (AvgIpc) is 3.00. The van der Waals surface area contributed by atoms with E-state index in [9.17, 15) is 0 Å². The summed E-state index contributed by atoms with van der Waals surface area (Å²) in [5.41, 5.74) is 2.50. The van der Waals surface area contributed by atoms with Gasteiger partial charge in [-0.05, 0) is 30.2 Å². The van der Waals surface area contributed by atoms with Crippen molar-refractivity contribution in [3.63, 3.8) is 0 Å². The predicted octanol–water partition coefficient (Wildman–Crippen LogP) is 4.70. The first-order valence-electron chi connectivity index (χ1n) is 8.18. The minimum absolute atomic E-state index is 0.833. The zero-order valence-electron chi connectivity index (χ0n) is 13.1. The third-order valence-electron chi connectivity index (χ3n) is 3.69. The lowest BCUT2D eigenvalue weighted by Crippen LogP contribution is -2.03. The van der Waals surface area contributed by atoms with Crippen molar-refractivity contribution in [1.29, 1.82) is 0 Å². The summed E-state index contributed by atoms with van der Waals surface area (Å²) < 4.78 is 1.95. The van der Waals surface area contributed by atoms with Gasteiger partial charge in [0.1, 0.15) is 0 Å². The third kappa shape index (κ3) is 6.03. The maximum atomic E-state index is 4.25. The quantitative estimate of drug-likeness (QED) is 0.641. The van der Waals surface area contributed by atoms with Gasteiger partial charge in [-0.3, -0.25) is 4.68 Å². The lowest BCUT2D eigenvalue weighted by molar-refractivity contribution is 0.617. The van der Waals surface area contributed by atoms with Gasteiger partial charge in [0.25, 0.3) is 0 Å². The van der Waals surface area contributed by atoms with Crippen LogP contribution in [0.25, 0.3) is 0 Å². The highest BCUT2D eigenvalue weighted by Gasteiger charge is 1.98. The molecular formula is C18H27N3. The lowest BCUT2D eigenvalue weighted by atomic mass is 10.1. The number of rotatable bonds is 10. The molecule has 0 fully saturated rings. The molecule has 21 heavy (non-hydrogen) atoms. The Hall–Kier alpha value is -1.77. The van der Waals surface area contributed by atoms with Crippen LogP contribution in [0.15, 0.2) is 42.7 Å². The minimum atomic E-state index is 0.833. The molecule has 0 amide bonds. The van der Waals surface area contributed by atoms with Gasteiger partial charge in [0.15, 0.2) is 0 Å². The van der Waals surface area contributed by atoms with E-state index in [1.165, 1.54) is 49.8 Å². The van der Waals surface area contributed by atoms with Crippen molar-refractivity contribution < 1.29 is 0 Å². The van der Waals surface area contributed by atoms with Crippen molar-refractivity contribution in [3.05, 3.63) is 48.3 Å². The number of hydrogen-bond acceptors (Lipinski definition) is 2. The highest BCUT2D eigenvalue weighted by atomic mass is 15.3. The van der Waals surface area contributed by atoms with E-state index in [1.54, 1.807) is 0 Å². The zero-order valence-corrected chi connectivity index (χ0v) is 13.1. The van der Waals surface area contributed by atoms with E-state index in [0.717, 1.165) is 13.1 Å². The predicted molar refractivity (Wildman–Crippen MR) is 89.6 cm³/mol. The Morgan fingerprint density at radius 2 is 1.90 bits per heavy atom. The Morgan fingerprint density at radius 3 is 2.71 bits per heavy atom. The molecule has 2 aromatic rings. The van der Waals surface area contributed by atoms with Crippen LogP contribution in [0.3, 0.4) is 0 Å². The van der Waals surface area contributed by atoms with Crippen molar-refractivity contribution in [3.8, 4) is 0 Å². The van der Waals surface area contributed by atoms with Gasteiger partial charge in [-0.25, -0.2) is 0 Å². The summed E-state index contributed by atoms with van der Waals surface area (Å²) >= 11 is 0. The van der Waals surface area contributed by atoms with Gasteiger partial charge >= 0.3 is 0 Å². The summed E-state index contributed by atoms with van der Waals surface area (Å²) in [6.45, 7) is 4.16. The molecule has 0 atom stereocenters. The molecule has 0 aliphatic heterocycles. The summed E-state index contributed by atoms with van der Waals surface area (Å²) in [5.74, 6) is 0. The molecule has 114 valence electrons. The topological polar surface area (TPSA) is 29.9 Å². The van der Waals surface area contributed by atoms with Crippen molar-refractivity contribution >= 4 is 5.69 Å². The molecule has 1 aromatic carbocycles. The Bertz CT molecular complexity index is 491. The molecule has 0 saturated carbocycles. The second kappa shape index (κ2) is 9.22. The van der Waals surface area contributed by atoms with E-state index < -0.39 is 0 Å². The first-order valence-corrected chi connectivity index (χ1v) is 8.18. The first kappa shape index (κ1) is 15.6. The minimum Gasteiger partial charge on any atom is -0.385 e. The molecule has 0 aliphatic carbocycles. The van der Waals surface area contributed by atoms with Gasteiger partial charge in [0.2, 0.25) is 0 Å². The number of nitrogens with zero attached hydrogens (tertiary/aromatic N) is 2. The molecule has 2 rings (SSSR count). The number of nitrogens with one attached hydrogen (secondary N) is 1. The normalized spacial score (nSPS) is 10.7. The number of hydrogen-bond donors (Lipinski definition) is 1. The van der Waals surface area contributed by atoms with E-state index in [2.05, 4.69) is 41.6 Å². The van der Waals surface area contributed by atoms with Crippen molar-refractivity contribution in [2.24, 2.45) is 0 Å². The van der Waals surface area contributed by atoms with E-state index in [0.29, 0.717) is 0 Å². The molecule has 0 aliphatic rings. The van der Waals surface area contributed by atoms with Crippen LogP contribution < -0.4 is 5.32 Å². The standard InChI is InChI=1S/C18H27N3/c1-2-3-4-5-6-7-12-19-18-11-8-10-17(15-18)16-21-14-9-13-20-21/h8-11,13-15,19H,2-7,12,16H2,1H3. The summed E-state index contributed by atoms with van der Waals surface area (Å²) in [5, 5.41) is 7.77. The van der Waals surface area contributed by atoms with Crippen LogP contribution in [0.2, 0.25) is 0 Å². The summed E-state index contributed by atoms with van der Waals surface area (Å²) in [6.07, 6.45) is 11.9. The smallest absolute Gasteiger partial charge is 0.0660 e. The third-order valence-corrected chi connectivity index (χ3v) is 3.69. The van der Waals surface area contributed by atoms with E-state index in [1.807, 2.05) is 23.1 Å². The van der Waals surface area contributed by atoms with E-state index >= 15 is 0 Å². The Labute approximate surface area is 128 Å². The largest absolute Gasteiger partial charge is 0.385 e. The maximum Gasteiger partial charge on any atom is 0.0660 e. The lowest BCUT2D eigenvalue weighted by Gasteiger charge is -2.09. The highest BCUT2D eigenvalue weighted by Crippen LogP contribution is 2.12. The second-order valence-electron chi connectivity index (χ2n) is 5.60. The monoisotopic (exact) mass is 285 g/mol. The number of anilines is 1. The Morgan fingerprint density at radius 1 is 1.05 bits per heavy atom.